The quantitative estimate of drug-likeness (QED) is 0.457. The molecule has 0 fully saturated rings. The van der Waals surface area contributed by atoms with Crippen LogP contribution in [0.4, 0.5) is 0 Å². The lowest BCUT2D eigenvalue weighted by Gasteiger charge is -2.18. The van der Waals surface area contributed by atoms with Crippen LogP contribution in [0.2, 0.25) is 0 Å². The predicted octanol–water partition coefficient (Wildman–Crippen LogP) is 5.74. The molecule has 0 aliphatic heterocycles. The summed E-state index contributed by atoms with van der Waals surface area (Å²) >= 11 is 0. The molecule has 0 radical (unpaired) electrons. The number of nitrogens with one attached hydrogen (secondary N) is 1. The highest BCUT2D eigenvalue weighted by Gasteiger charge is 2.07. The van der Waals surface area contributed by atoms with Gasteiger partial charge in [-0.05, 0) is 31.4 Å². The molecule has 0 aliphatic rings. The lowest BCUT2D eigenvalue weighted by atomic mass is 9.99. The molecule has 0 aromatic heterocycles. The van der Waals surface area contributed by atoms with E-state index in [2.05, 4.69) is 49.5 Å². The summed E-state index contributed by atoms with van der Waals surface area (Å²) in [6, 6.07) is 11.6. The van der Waals surface area contributed by atoms with Gasteiger partial charge in [0.1, 0.15) is 0 Å². The third kappa shape index (κ3) is 9.68. The topological polar surface area (TPSA) is 12.0 Å². The van der Waals surface area contributed by atoms with Crippen LogP contribution in [-0.4, -0.2) is 12.6 Å². The Labute approximate surface area is 132 Å². The van der Waals surface area contributed by atoms with Crippen LogP contribution in [-0.2, 0) is 6.42 Å². The molecule has 1 aromatic carbocycles. The van der Waals surface area contributed by atoms with Crippen molar-refractivity contribution in [3.05, 3.63) is 35.9 Å². The van der Waals surface area contributed by atoms with Crippen molar-refractivity contribution in [2.75, 3.05) is 6.54 Å². The fourth-order valence-corrected chi connectivity index (χ4v) is 2.97. The van der Waals surface area contributed by atoms with Crippen molar-refractivity contribution in [1.82, 2.24) is 5.32 Å². The number of aryl methyl sites for hydroxylation is 1. The van der Waals surface area contributed by atoms with E-state index in [1.165, 1.54) is 69.8 Å². The first-order valence-electron chi connectivity index (χ1n) is 9.14. The predicted molar refractivity (Wildman–Crippen MR) is 94.8 cm³/mol. The van der Waals surface area contributed by atoms with Gasteiger partial charge < -0.3 is 5.32 Å². The Hall–Kier alpha value is -0.820. The third-order valence-corrected chi connectivity index (χ3v) is 4.27. The van der Waals surface area contributed by atoms with Gasteiger partial charge in [-0.1, -0.05) is 89.1 Å². The maximum absolute atomic E-state index is 3.66. The number of benzene rings is 1. The summed E-state index contributed by atoms with van der Waals surface area (Å²) in [5.74, 6) is 0. The van der Waals surface area contributed by atoms with Gasteiger partial charge in [-0.2, -0.15) is 0 Å². The van der Waals surface area contributed by atoms with Crippen molar-refractivity contribution >= 4 is 0 Å². The average Bonchev–Trinajstić information content (AvgIpc) is 2.52. The van der Waals surface area contributed by atoms with Crippen molar-refractivity contribution < 1.29 is 0 Å². The standard InChI is InChI=1S/C20H35N/c1-3-5-6-7-8-9-13-16-20(21-4-2)18-17-19-14-11-10-12-15-19/h10-12,14-15,20-21H,3-9,13,16-18H2,1-2H3. The fraction of sp³-hybridized carbons (Fsp3) is 0.700. The Kier molecular flexibility index (Phi) is 11.2. The molecule has 0 saturated carbocycles. The molecule has 1 aromatic rings. The Balaban J connectivity index is 2.12. The molecule has 1 heteroatoms. The van der Waals surface area contributed by atoms with Crippen LogP contribution in [0.25, 0.3) is 0 Å². The second-order valence-electron chi connectivity index (χ2n) is 6.19. The van der Waals surface area contributed by atoms with Crippen LogP contribution >= 0.6 is 0 Å². The highest BCUT2D eigenvalue weighted by atomic mass is 14.9. The highest BCUT2D eigenvalue weighted by molar-refractivity contribution is 5.14. The van der Waals surface area contributed by atoms with Crippen molar-refractivity contribution in [3.63, 3.8) is 0 Å². The van der Waals surface area contributed by atoms with Crippen molar-refractivity contribution in [2.24, 2.45) is 0 Å². The van der Waals surface area contributed by atoms with Crippen LogP contribution in [0, 0.1) is 0 Å². The molecule has 120 valence electrons. The van der Waals surface area contributed by atoms with Crippen molar-refractivity contribution in [3.8, 4) is 0 Å². The molecular weight excluding hydrogens is 254 g/mol. The van der Waals surface area contributed by atoms with E-state index in [0.29, 0.717) is 6.04 Å². The summed E-state index contributed by atoms with van der Waals surface area (Å²) < 4.78 is 0. The lowest BCUT2D eigenvalue weighted by Crippen LogP contribution is -2.29. The molecule has 0 heterocycles. The Morgan fingerprint density at radius 1 is 0.810 bits per heavy atom. The summed E-state index contributed by atoms with van der Waals surface area (Å²) in [4.78, 5) is 0. The largest absolute Gasteiger partial charge is 0.314 e. The van der Waals surface area contributed by atoms with Gasteiger partial charge in [0.25, 0.3) is 0 Å². The first kappa shape index (κ1) is 18.2. The van der Waals surface area contributed by atoms with Crippen LogP contribution in [0.1, 0.15) is 77.2 Å². The molecule has 0 saturated heterocycles. The van der Waals surface area contributed by atoms with Crippen LogP contribution in [0.15, 0.2) is 30.3 Å². The number of hydrogen-bond acceptors (Lipinski definition) is 1. The summed E-state index contributed by atoms with van der Waals surface area (Å²) in [6.07, 6.45) is 13.7. The maximum atomic E-state index is 3.66. The molecule has 0 bridgehead atoms. The maximum Gasteiger partial charge on any atom is 0.00701 e. The Morgan fingerprint density at radius 2 is 1.48 bits per heavy atom. The smallest absolute Gasteiger partial charge is 0.00701 e. The molecule has 1 N–H and O–H groups in total. The van der Waals surface area contributed by atoms with E-state index in [9.17, 15) is 0 Å². The molecule has 0 spiro atoms. The molecule has 0 amide bonds. The minimum atomic E-state index is 0.700. The zero-order valence-corrected chi connectivity index (χ0v) is 14.2. The van der Waals surface area contributed by atoms with E-state index in [1.807, 2.05) is 0 Å². The SMILES string of the molecule is CCCCCCCCCC(CCc1ccccc1)NCC. The molecule has 1 rings (SSSR count). The summed E-state index contributed by atoms with van der Waals surface area (Å²) in [7, 11) is 0. The van der Waals surface area contributed by atoms with Gasteiger partial charge in [0, 0.05) is 6.04 Å². The molecule has 1 atom stereocenters. The summed E-state index contributed by atoms with van der Waals surface area (Å²) in [5.41, 5.74) is 1.47. The molecule has 21 heavy (non-hydrogen) atoms. The average molecular weight is 290 g/mol. The Morgan fingerprint density at radius 3 is 2.14 bits per heavy atom. The number of hydrogen-bond donors (Lipinski definition) is 1. The first-order chi connectivity index (χ1) is 10.4. The monoisotopic (exact) mass is 289 g/mol. The fourth-order valence-electron chi connectivity index (χ4n) is 2.97. The minimum Gasteiger partial charge on any atom is -0.314 e. The molecule has 1 unspecified atom stereocenters. The van der Waals surface area contributed by atoms with Gasteiger partial charge in [0.05, 0.1) is 0 Å². The summed E-state index contributed by atoms with van der Waals surface area (Å²) in [6.45, 7) is 5.60. The van der Waals surface area contributed by atoms with E-state index < -0.39 is 0 Å². The highest BCUT2D eigenvalue weighted by Crippen LogP contribution is 2.13. The van der Waals surface area contributed by atoms with E-state index in [0.717, 1.165) is 6.54 Å². The van der Waals surface area contributed by atoms with Gasteiger partial charge in [-0.3, -0.25) is 0 Å². The number of rotatable bonds is 13. The molecular formula is C20H35N. The van der Waals surface area contributed by atoms with Gasteiger partial charge in [-0.15, -0.1) is 0 Å². The zero-order chi connectivity index (χ0) is 15.2. The van der Waals surface area contributed by atoms with Gasteiger partial charge >= 0.3 is 0 Å². The van der Waals surface area contributed by atoms with Crippen molar-refractivity contribution in [2.45, 2.75) is 84.1 Å². The Bertz CT molecular complexity index is 320. The van der Waals surface area contributed by atoms with E-state index in [-0.39, 0.29) is 0 Å². The van der Waals surface area contributed by atoms with Crippen LogP contribution < -0.4 is 5.32 Å². The second-order valence-corrected chi connectivity index (χ2v) is 6.19. The number of unbranched alkanes of at least 4 members (excludes halogenated alkanes) is 6. The summed E-state index contributed by atoms with van der Waals surface area (Å²) in [5, 5.41) is 3.66. The van der Waals surface area contributed by atoms with E-state index in [1.54, 1.807) is 0 Å². The third-order valence-electron chi connectivity index (χ3n) is 4.27. The van der Waals surface area contributed by atoms with E-state index in [4.69, 9.17) is 0 Å². The van der Waals surface area contributed by atoms with E-state index >= 15 is 0 Å². The minimum absolute atomic E-state index is 0.700. The molecule has 0 aliphatic carbocycles. The van der Waals surface area contributed by atoms with Gasteiger partial charge in [0.2, 0.25) is 0 Å². The lowest BCUT2D eigenvalue weighted by molar-refractivity contribution is 0.438. The van der Waals surface area contributed by atoms with Crippen LogP contribution in [0.5, 0.6) is 0 Å². The van der Waals surface area contributed by atoms with Crippen molar-refractivity contribution in [1.29, 1.82) is 0 Å². The normalized spacial score (nSPS) is 12.5. The zero-order valence-electron chi connectivity index (χ0n) is 14.2. The van der Waals surface area contributed by atoms with Gasteiger partial charge in [-0.25, -0.2) is 0 Å². The van der Waals surface area contributed by atoms with Gasteiger partial charge in [0.15, 0.2) is 0 Å². The second kappa shape index (κ2) is 12.9. The van der Waals surface area contributed by atoms with Crippen LogP contribution in [0.3, 0.4) is 0 Å². The first-order valence-corrected chi connectivity index (χ1v) is 9.14. The molecule has 1 nitrogen and oxygen atoms in total.